The zero-order valence-electron chi connectivity index (χ0n) is 11.6. The summed E-state index contributed by atoms with van der Waals surface area (Å²) in [4.78, 5) is 22.1. The van der Waals surface area contributed by atoms with Crippen molar-refractivity contribution in [1.29, 1.82) is 0 Å². The molecule has 0 fully saturated rings. The molecule has 6 nitrogen and oxygen atoms in total. The summed E-state index contributed by atoms with van der Waals surface area (Å²) < 4.78 is 6.97. The highest BCUT2D eigenvalue weighted by molar-refractivity contribution is 5.84. The van der Waals surface area contributed by atoms with Gasteiger partial charge >= 0.3 is 5.97 Å². The number of esters is 1. The van der Waals surface area contributed by atoms with E-state index in [-0.39, 0.29) is 18.2 Å². The number of aromatic nitrogens is 1. The summed E-state index contributed by atoms with van der Waals surface area (Å²) in [5, 5.41) is 11.4. The van der Waals surface area contributed by atoms with E-state index < -0.39 is 10.5 Å². The molecule has 0 atom stereocenters. The quantitative estimate of drug-likeness (QED) is 0.491. The maximum absolute atomic E-state index is 11.8. The van der Waals surface area contributed by atoms with Gasteiger partial charge in [0, 0.05) is 29.2 Å². The summed E-state index contributed by atoms with van der Waals surface area (Å²) >= 11 is 0. The molecule has 2 rings (SSSR count). The molecule has 0 unspecified atom stereocenters. The minimum Gasteiger partial charge on any atom is -0.459 e. The summed E-state index contributed by atoms with van der Waals surface area (Å²) in [6.45, 7) is 5.50. The van der Waals surface area contributed by atoms with Gasteiger partial charge in [-0.3, -0.25) is 14.9 Å². The number of hydrogen-bond donors (Lipinski definition) is 0. The number of nitrogens with zero attached hydrogens (tertiary/aromatic N) is 2. The van der Waals surface area contributed by atoms with E-state index in [1.54, 1.807) is 22.9 Å². The third-order valence-corrected chi connectivity index (χ3v) is 2.68. The van der Waals surface area contributed by atoms with Crippen LogP contribution in [0.1, 0.15) is 20.8 Å². The molecule has 1 aromatic carbocycles. The molecule has 0 amide bonds. The lowest BCUT2D eigenvalue weighted by Crippen LogP contribution is -2.26. The van der Waals surface area contributed by atoms with Crippen molar-refractivity contribution in [3.05, 3.63) is 40.6 Å². The molecule has 0 radical (unpaired) electrons. The molecule has 2 aromatic rings. The number of nitro groups is 1. The average molecular weight is 276 g/mol. The Hall–Kier alpha value is -2.37. The number of carbonyl (C=O) groups is 1. The SMILES string of the molecule is CC(C)(C)OC(=O)Cn1ccc2cc([N+](=O)[O-])ccc21. The molecular formula is C14H16N2O4. The third-order valence-electron chi connectivity index (χ3n) is 2.68. The van der Waals surface area contributed by atoms with E-state index in [0.29, 0.717) is 0 Å². The number of rotatable bonds is 3. The van der Waals surface area contributed by atoms with Crippen LogP contribution in [0.25, 0.3) is 10.9 Å². The van der Waals surface area contributed by atoms with Crippen LogP contribution in [0.4, 0.5) is 5.69 Å². The van der Waals surface area contributed by atoms with Crippen molar-refractivity contribution in [3.8, 4) is 0 Å². The first kappa shape index (κ1) is 14.0. The van der Waals surface area contributed by atoms with E-state index >= 15 is 0 Å². The first-order valence-electron chi connectivity index (χ1n) is 6.21. The highest BCUT2D eigenvalue weighted by Gasteiger charge is 2.17. The normalized spacial score (nSPS) is 11.6. The van der Waals surface area contributed by atoms with Crippen molar-refractivity contribution < 1.29 is 14.5 Å². The summed E-state index contributed by atoms with van der Waals surface area (Å²) in [5.74, 6) is -0.339. The first-order chi connectivity index (χ1) is 9.26. The number of carbonyl (C=O) groups excluding carboxylic acids is 1. The lowest BCUT2D eigenvalue weighted by Gasteiger charge is -2.19. The fourth-order valence-electron chi connectivity index (χ4n) is 1.95. The molecule has 0 aliphatic heterocycles. The van der Waals surface area contributed by atoms with Crippen molar-refractivity contribution in [3.63, 3.8) is 0 Å². The second kappa shape index (κ2) is 4.96. The van der Waals surface area contributed by atoms with E-state index in [4.69, 9.17) is 4.74 Å². The van der Waals surface area contributed by atoms with E-state index in [9.17, 15) is 14.9 Å². The summed E-state index contributed by atoms with van der Waals surface area (Å²) in [5.41, 5.74) is 0.271. The Morgan fingerprint density at radius 3 is 2.65 bits per heavy atom. The molecule has 0 N–H and O–H groups in total. The molecule has 0 saturated heterocycles. The molecule has 0 aliphatic rings. The fraction of sp³-hybridized carbons (Fsp3) is 0.357. The Balaban J connectivity index is 2.24. The van der Waals surface area contributed by atoms with Crippen LogP contribution in [0.15, 0.2) is 30.5 Å². The molecule has 0 spiro atoms. The van der Waals surface area contributed by atoms with Gasteiger partial charge in [0.05, 0.1) is 4.92 Å². The summed E-state index contributed by atoms with van der Waals surface area (Å²) in [6.07, 6.45) is 1.72. The van der Waals surface area contributed by atoms with Crippen molar-refractivity contribution in [1.82, 2.24) is 4.57 Å². The number of ether oxygens (including phenoxy) is 1. The monoisotopic (exact) mass is 276 g/mol. The van der Waals surface area contributed by atoms with Gasteiger partial charge in [0.2, 0.25) is 0 Å². The van der Waals surface area contributed by atoms with Gasteiger partial charge in [-0.2, -0.15) is 0 Å². The molecule has 20 heavy (non-hydrogen) atoms. The second-order valence-corrected chi connectivity index (χ2v) is 5.53. The molecule has 106 valence electrons. The Bertz CT molecular complexity index is 667. The highest BCUT2D eigenvalue weighted by atomic mass is 16.6. The maximum Gasteiger partial charge on any atom is 0.326 e. The van der Waals surface area contributed by atoms with E-state index in [1.165, 1.54) is 12.1 Å². The predicted octanol–water partition coefficient (Wildman–Crippen LogP) is 2.89. The first-order valence-corrected chi connectivity index (χ1v) is 6.21. The van der Waals surface area contributed by atoms with Crippen molar-refractivity contribution in [2.45, 2.75) is 32.9 Å². The predicted molar refractivity (Wildman–Crippen MR) is 74.4 cm³/mol. The van der Waals surface area contributed by atoms with Crippen molar-refractivity contribution >= 4 is 22.6 Å². The van der Waals surface area contributed by atoms with Crippen LogP contribution in [0.3, 0.4) is 0 Å². The van der Waals surface area contributed by atoms with Crippen molar-refractivity contribution in [2.24, 2.45) is 0 Å². The van der Waals surface area contributed by atoms with Crippen LogP contribution in [-0.2, 0) is 16.1 Å². The topological polar surface area (TPSA) is 74.4 Å². The van der Waals surface area contributed by atoms with Crippen LogP contribution < -0.4 is 0 Å². The molecule has 0 aliphatic carbocycles. The standard InChI is InChI=1S/C14H16N2O4/c1-14(2,3)20-13(17)9-15-7-6-10-8-11(16(18)19)4-5-12(10)15/h4-8H,9H2,1-3H3. The van der Waals surface area contributed by atoms with Crippen molar-refractivity contribution in [2.75, 3.05) is 0 Å². The van der Waals surface area contributed by atoms with Gasteiger partial charge in [-0.15, -0.1) is 0 Å². The van der Waals surface area contributed by atoms with Gasteiger partial charge in [-0.1, -0.05) is 0 Å². The van der Waals surface area contributed by atoms with Crippen LogP contribution in [0.5, 0.6) is 0 Å². The van der Waals surface area contributed by atoms with Crippen LogP contribution in [-0.4, -0.2) is 21.1 Å². The minimum atomic E-state index is -0.529. The Labute approximate surface area is 116 Å². The van der Waals surface area contributed by atoms with Gasteiger partial charge in [-0.05, 0) is 32.9 Å². The largest absolute Gasteiger partial charge is 0.459 e. The molecular weight excluding hydrogens is 260 g/mol. The number of benzene rings is 1. The van der Waals surface area contributed by atoms with E-state index in [0.717, 1.165) is 10.9 Å². The summed E-state index contributed by atoms with van der Waals surface area (Å²) in [7, 11) is 0. The maximum atomic E-state index is 11.8. The average Bonchev–Trinajstić information content (AvgIpc) is 2.69. The van der Waals surface area contributed by atoms with Gasteiger partial charge in [0.15, 0.2) is 0 Å². The van der Waals surface area contributed by atoms with E-state index in [2.05, 4.69) is 0 Å². The van der Waals surface area contributed by atoms with Gasteiger partial charge in [-0.25, -0.2) is 0 Å². The lowest BCUT2D eigenvalue weighted by atomic mass is 10.2. The minimum absolute atomic E-state index is 0.0347. The zero-order chi connectivity index (χ0) is 14.9. The highest BCUT2D eigenvalue weighted by Crippen LogP contribution is 2.22. The number of nitro benzene ring substituents is 1. The summed E-state index contributed by atoms with van der Waals surface area (Å²) in [6, 6.07) is 6.29. The van der Waals surface area contributed by atoms with Gasteiger partial charge < -0.3 is 9.30 Å². The number of hydrogen-bond acceptors (Lipinski definition) is 4. The Morgan fingerprint density at radius 1 is 1.35 bits per heavy atom. The molecule has 6 heteroatoms. The lowest BCUT2D eigenvalue weighted by molar-refractivity contribution is -0.384. The molecule has 1 aromatic heterocycles. The number of fused-ring (bicyclic) bond motifs is 1. The van der Waals surface area contributed by atoms with Crippen LogP contribution >= 0.6 is 0 Å². The smallest absolute Gasteiger partial charge is 0.326 e. The molecule has 0 bridgehead atoms. The van der Waals surface area contributed by atoms with Gasteiger partial charge in [0.1, 0.15) is 12.1 Å². The Kier molecular flexibility index (Phi) is 3.48. The second-order valence-electron chi connectivity index (χ2n) is 5.53. The molecule has 0 saturated carbocycles. The number of non-ortho nitro benzene ring substituents is 1. The van der Waals surface area contributed by atoms with Crippen LogP contribution in [0, 0.1) is 10.1 Å². The Morgan fingerprint density at radius 2 is 2.05 bits per heavy atom. The van der Waals surface area contributed by atoms with Gasteiger partial charge in [0.25, 0.3) is 5.69 Å². The third kappa shape index (κ3) is 3.14. The van der Waals surface area contributed by atoms with Crippen LogP contribution in [0.2, 0.25) is 0 Å². The molecule has 1 heterocycles. The fourth-order valence-corrected chi connectivity index (χ4v) is 1.95. The van der Waals surface area contributed by atoms with E-state index in [1.807, 2.05) is 20.8 Å². The zero-order valence-corrected chi connectivity index (χ0v) is 11.6.